The zero-order chi connectivity index (χ0) is 23.9. The second-order valence-corrected chi connectivity index (χ2v) is 16.8. The summed E-state index contributed by atoms with van der Waals surface area (Å²) < 4.78 is 17.1. The number of rotatable bonds is 4. The fourth-order valence-electron chi connectivity index (χ4n) is 3.54. The van der Waals surface area contributed by atoms with E-state index < -0.39 is 24.2 Å². The molecular weight excluding hydrogens is 478 g/mol. The maximum absolute atomic E-state index is 9.09. The van der Waals surface area contributed by atoms with E-state index in [4.69, 9.17) is 43.2 Å². The van der Waals surface area contributed by atoms with Gasteiger partial charge in [-0.25, -0.2) is 0 Å². The van der Waals surface area contributed by atoms with Crippen LogP contribution in [0.25, 0.3) is 0 Å². The third kappa shape index (κ3) is 4.50. The van der Waals surface area contributed by atoms with Gasteiger partial charge < -0.3 is 9.05 Å². The molecule has 6 nitrogen and oxygen atoms in total. The molecule has 0 aliphatic carbocycles. The summed E-state index contributed by atoms with van der Waals surface area (Å²) >= 11 is 12.5. The minimum Gasteiger partial charge on any atom is -0.440 e. The molecule has 1 aliphatic rings. The highest BCUT2D eigenvalue weighted by atomic mass is 32.5. The van der Waals surface area contributed by atoms with E-state index in [1.54, 1.807) is 48.5 Å². The molecule has 0 N–H and O–H groups in total. The molecule has 10 heteroatoms. The van der Waals surface area contributed by atoms with Crippen LogP contribution in [-0.2, 0) is 23.6 Å². The topological polar surface area (TPSA) is 72.5 Å². The number of benzene rings is 2. The fraction of sp³-hybridized carbons (Fsp3) is 0.364. The standard InChI is InChI=1S/C22H26N4O2P2S2/c1-21(2,3)25-29(31,27-19-11-7-17(15-23)8-12-19)26(22(4,5)6)30(25,32)28-20-13-9-18(16-24)10-14-20/h7-14H,1-6H3. The fourth-order valence-corrected chi connectivity index (χ4v) is 19.0. The van der Waals surface area contributed by atoms with Crippen LogP contribution in [0.5, 0.6) is 11.5 Å². The monoisotopic (exact) mass is 504 g/mol. The second kappa shape index (κ2) is 8.54. The van der Waals surface area contributed by atoms with Crippen molar-refractivity contribution < 1.29 is 9.05 Å². The summed E-state index contributed by atoms with van der Waals surface area (Å²) in [5, 5.41) is 18.2. The Balaban J connectivity index is 2.08. The van der Waals surface area contributed by atoms with Crippen molar-refractivity contribution in [3.63, 3.8) is 0 Å². The molecule has 1 heterocycles. The molecule has 1 fully saturated rings. The Morgan fingerprint density at radius 2 is 0.938 bits per heavy atom. The van der Waals surface area contributed by atoms with Crippen molar-refractivity contribution in [1.29, 1.82) is 10.5 Å². The van der Waals surface area contributed by atoms with Crippen LogP contribution in [0.2, 0.25) is 0 Å². The molecule has 0 spiro atoms. The van der Waals surface area contributed by atoms with Crippen molar-refractivity contribution >= 4 is 36.7 Å². The Hall–Kier alpha value is -1.76. The SMILES string of the molecule is CC(C)(C)N1P(=S)(Oc2ccc(C#N)cc2)N(C(C)(C)C)P1(=S)Oc1ccc(C#N)cc1. The van der Waals surface area contributed by atoms with Crippen LogP contribution >= 0.6 is 13.1 Å². The smallest absolute Gasteiger partial charge is 0.269 e. The van der Waals surface area contributed by atoms with Gasteiger partial charge in [0.25, 0.3) is 13.1 Å². The quantitative estimate of drug-likeness (QED) is 0.434. The Kier molecular flexibility index (Phi) is 6.64. The lowest BCUT2D eigenvalue weighted by Gasteiger charge is -2.65. The van der Waals surface area contributed by atoms with Crippen LogP contribution in [0.3, 0.4) is 0 Å². The number of nitriles is 2. The predicted molar refractivity (Wildman–Crippen MR) is 135 cm³/mol. The molecule has 32 heavy (non-hydrogen) atoms. The largest absolute Gasteiger partial charge is 0.440 e. The number of hydrogen-bond acceptors (Lipinski definition) is 6. The molecule has 0 unspecified atom stereocenters. The van der Waals surface area contributed by atoms with Gasteiger partial charge in [0.2, 0.25) is 0 Å². The lowest BCUT2D eigenvalue weighted by molar-refractivity contribution is 0.221. The summed E-state index contributed by atoms with van der Waals surface area (Å²) in [7, 11) is 0. The van der Waals surface area contributed by atoms with Crippen LogP contribution in [-0.4, -0.2) is 20.0 Å². The van der Waals surface area contributed by atoms with Crippen LogP contribution in [0.15, 0.2) is 48.5 Å². The van der Waals surface area contributed by atoms with Gasteiger partial charge in [-0.1, -0.05) is 0 Å². The zero-order valence-electron chi connectivity index (χ0n) is 18.9. The van der Waals surface area contributed by atoms with Gasteiger partial charge in [0, 0.05) is 11.1 Å². The van der Waals surface area contributed by atoms with Crippen molar-refractivity contribution in [3.05, 3.63) is 59.7 Å². The van der Waals surface area contributed by atoms with Crippen LogP contribution in [0, 0.1) is 22.7 Å². The molecule has 0 saturated carbocycles. The summed E-state index contributed by atoms with van der Waals surface area (Å²) in [4.78, 5) is 0. The first-order chi connectivity index (χ1) is 14.8. The van der Waals surface area contributed by atoms with Gasteiger partial charge in [-0.15, -0.1) is 0 Å². The summed E-state index contributed by atoms with van der Waals surface area (Å²) in [6, 6.07) is 18.1. The molecule has 1 saturated heterocycles. The first-order valence-corrected chi connectivity index (χ1v) is 15.2. The first kappa shape index (κ1) is 24.9. The van der Waals surface area contributed by atoms with Crippen molar-refractivity contribution in [2.75, 3.05) is 0 Å². The van der Waals surface area contributed by atoms with E-state index in [2.05, 4.69) is 62.6 Å². The van der Waals surface area contributed by atoms with Gasteiger partial charge in [-0.05, 0) is 114 Å². The molecule has 168 valence electrons. The van der Waals surface area contributed by atoms with E-state index >= 15 is 0 Å². The van der Waals surface area contributed by atoms with Gasteiger partial charge in [0.1, 0.15) is 11.5 Å². The van der Waals surface area contributed by atoms with Gasteiger partial charge in [0.05, 0.1) is 23.3 Å². The van der Waals surface area contributed by atoms with Crippen LogP contribution in [0.1, 0.15) is 52.7 Å². The van der Waals surface area contributed by atoms with Crippen molar-refractivity contribution in [1.82, 2.24) is 8.88 Å². The normalized spacial score (nSPS) is 24.1. The highest BCUT2D eigenvalue weighted by Gasteiger charge is 2.68. The average molecular weight is 505 g/mol. The van der Waals surface area contributed by atoms with E-state index in [9.17, 15) is 0 Å². The minimum absolute atomic E-state index is 0.411. The van der Waals surface area contributed by atoms with Crippen molar-refractivity contribution in [2.24, 2.45) is 0 Å². The molecular formula is C22H26N4O2P2S2. The zero-order valence-corrected chi connectivity index (χ0v) is 22.4. The highest BCUT2D eigenvalue weighted by Crippen LogP contribution is 2.89. The third-order valence-electron chi connectivity index (χ3n) is 4.57. The van der Waals surface area contributed by atoms with E-state index in [0.29, 0.717) is 22.6 Å². The molecule has 0 bridgehead atoms. The number of hydrogen-bond donors (Lipinski definition) is 0. The highest BCUT2D eigenvalue weighted by molar-refractivity contribution is 8.27. The summed E-state index contributed by atoms with van der Waals surface area (Å²) in [5.74, 6) is 1.19. The Morgan fingerprint density at radius 3 is 1.16 bits per heavy atom. The van der Waals surface area contributed by atoms with Crippen LogP contribution in [0.4, 0.5) is 0 Å². The molecule has 1 aliphatic heterocycles. The first-order valence-electron chi connectivity index (χ1n) is 9.98. The molecule has 3 rings (SSSR count). The Bertz CT molecular complexity index is 1080. The lowest BCUT2D eigenvalue weighted by atomic mass is 10.1. The van der Waals surface area contributed by atoms with Gasteiger partial charge in [-0.3, -0.25) is 0 Å². The Labute approximate surface area is 200 Å². The van der Waals surface area contributed by atoms with Gasteiger partial charge >= 0.3 is 0 Å². The van der Waals surface area contributed by atoms with E-state index in [1.807, 2.05) is 0 Å². The summed E-state index contributed by atoms with van der Waals surface area (Å²) in [5.41, 5.74) is 0.285. The van der Waals surface area contributed by atoms with E-state index in [1.165, 1.54) is 0 Å². The second-order valence-electron chi connectivity index (χ2n) is 9.36. The molecule has 2 aromatic rings. The Morgan fingerprint density at radius 1 is 0.656 bits per heavy atom. The minimum atomic E-state index is -2.79. The van der Waals surface area contributed by atoms with Gasteiger partial charge in [0.15, 0.2) is 0 Å². The maximum atomic E-state index is 9.09. The maximum Gasteiger partial charge on any atom is 0.269 e. The average Bonchev–Trinajstić information content (AvgIpc) is 2.66. The third-order valence-corrected chi connectivity index (χ3v) is 16.6. The summed E-state index contributed by atoms with van der Waals surface area (Å²) in [6.45, 7) is 6.75. The van der Waals surface area contributed by atoms with Crippen LogP contribution < -0.4 is 9.05 Å². The van der Waals surface area contributed by atoms with E-state index in [0.717, 1.165) is 0 Å². The lowest BCUT2D eigenvalue weighted by Crippen LogP contribution is -2.58. The predicted octanol–water partition coefficient (Wildman–Crippen LogP) is 6.55. The van der Waals surface area contributed by atoms with Crippen molar-refractivity contribution in [2.45, 2.75) is 52.6 Å². The van der Waals surface area contributed by atoms with Crippen molar-refractivity contribution in [3.8, 4) is 23.6 Å². The molecule has 0 aromatic heterocycles. The molecule has 2 aromatic carbocycles. The molecule has 0 atom stereocenters. The molecule has 0 radical (unpaired) electrons. The molecule has 0 amide bonds. The van der Waals surface area contributed by atoms with Gasteiger partial charge in [-0.2, -0.15) is 19.4 Å². The van der Waals surface area contributed by atoms with E-state index in [-0.39, 0.29) is 0 Å². The number of nitrogens with zero attached hydrogens (tertiary/aromatic N) is 4. The summed E-state index contributed by atoms with van der Waals surface area (Å²) in [6.07, 6.45) is 0.